The average molecular weight is 726 g/mol. The number of carbonyl (C=O) groups is 1. The Hall–Kier alpha value is -5.14. The highest BCUT2D eigenvalue weighted by Gasteiger charge is 2.13. The Morgan fingerprint density at radius 3 is 1.72 bits per heavy atom. The van der Waals surface area contributed by atoms with E-state index in [0.29, 0.717) is 38.8 Å². The molecule has 0 saturated carbocycles. The summed E-state index contributed by atoms with van der Waals surface area (Å²) in [7, 11) is 0. The zero-order valence-electron chi connectivity index (χ0n) is 27.7. The highest BCUT2D eigenvalue weighted by atomic mass is 35.5. The Morgan fingerprint density at radius 2 is 1.26 bits per heavy atom. The van der Waals surface area contributed by atoms with Gasteiger partial charge in [-0.1, -0.05) is 57.8 Å². The fraction of sp³-hybridized carbons (Fsp3) is 0.222. The molecule has 1 aromatic heterocycles. The number of benzene rings is 4. The second-order valence-corrected chi connectivity index (χ2v) is 11.9. The Bertz CT molecular complexity index is 1860. The topological polar surface area (TPSA) is 194 Å². The predicted molar refractivity (Wildman–Crippen MR) is 191 cm³/mol. The number of hydrogen-bond donors (Lipinski definition) is 5. The van der Waals surface area contributed by atoms with E-state index < -0.39 is 5.97 Å². The van der Waals surface area contributed by atoms with Crippen molar-refractivity contribution in [1.82, 2.24) is 10.1 Å². The van der Waals surface area contributed by atoms with Crippen molar-refractivity contribution in [3.05, 3.63) is 117 Å². The maximum absolute atomic E-state index is 10.3. The van der Waals surface area contributed by atoms with Crippen LogP contribution in [0.3, 0.4) is 0 Å². The normalized spacial score (nSPS) is 11.0. The van der Waals surface area contributed by atoms with E-state index in [1.165, 1.54) is 12.1 Å². The number of aliphatic hydroxyl groups excluding tert-OH is 2. The van der Waals surface area contributed by atoms with Gasteiger partial charge in [0, 0.05) is 16.7 Å². The van der Waals surface area contributed by atoms with E-state index in [9.17, 15) is 4.79 Å². The lowest BCUT2D eigenvalue weighted by Gasteiger charge is -2.11. The number of halogens is 2. The van der Waals surface area contributed by atoms with E-state index >= 15 is 0 Å². The van der Waals surface area contributed by atoms with Crippen molar-refractivity contribution in [3.63, 3.8) is 0 Å². The van der Waals surface area contributed by atoms with Crippen molar-refractivity contribution >= 4 is 35.0 Å². The van der Waals surface area contributed by atoms with E-state index in [1.807, 2.05) is 58.0 Å². The van der Waals surface area contributed by atoms with Crippen LogP contribution in [0, 0.1) is 0 Å². The lowest BCUT2D eigenvalue weighted by molar-refractivity contribution is 0.0696. The SMILES string of the molecule is CC(C)Oc1ccc(-c2noc(-c3ccc(CO)cc3)n2)cc1Cl.CC(C)Oc1ccc(/C(N)=N/O)cc1Cl.O=C(O)c1ccc(CO)cc1. The molecule has 0 aliphatic heterocycles. The molecule has 1 heterocycles. The van der Waals surface area contributed by atoms with Crippen LogP contribution in [0.25, 0.3) is 22.8 Å². The molecule has 5 aromatic rings. The van der Waals surface area contributed by atoms with Crippen LogP contribution in [0.4, 0.5) is 0 Å². The molecule has 14 heteroatoms. The number of ether oxygens (including phenoxy) is 2. The molecule has 0 bridgehead atoms. The van der Waals surface area contributed by atoms with Crippen LogP contribution in [-0.2, 0) is 13.2 Å². The number of nitrogens with zero attached hydrogens (tertiary/aromatic N) is 3. The summed E-state index contributed by atoms with van der Waals surface area (Å²) in [5, 5.41) is 42.5. The number of nitrogens with two attached hydrogens (primary N) is 1. The number of carboxylic acid groups (broad SMARTS) is 1. The molecule has 0 spiro atoms. The minimum Gasteiger partial charge on any atom is -0.489 e. The number of aliphatic hydroxyl groups is 2. The molecule has 0 aliphatic rings. The summed E-state index contributed by atoms with van der Waals surface area (Å²) in [5.41, 5.74) is 9.29. The van der Waals surface area contributed by atoms with Crippen LogP contribution < -0.4 is 15.2 Å². The highest BCUT2D eigenvalue weighted by Crippen LogP contribution is 2.31. The maximum Gasteiger partial charge on any atom is 0.335 e. The Balaban J connectivity index is 0.000000222. The summed E-state index contributed by atoms with van der Waals surface area (Å²) in [6.45, 7) is 7.65. The second kappa shape index (κ2) is 19.2. The zero-order chi connectivity index (χ0) is 36.8. The quantitative estimate of drug-likeness (QED) is 0.0416. The molecular formula is C36H38Cl2N4O8. The largest absolute Gasteiger partial charge is 0.489 e. The number of hydrogen-bond acceptors (Lipinski definition) is 10. The first-order valence-electron chi connectivity index (χ1n) is 15.2. The van der Waals surface area contributed by atoms with Crippen LogP contribution >= 0.6 is 23.2 Å². The number of rotatable bonds is 10. The fourth-order valence-corrected chi connectivity index (χ4v) is 4.47. The number of oxime groups is 1. The molecule has 0 radical (unpaired) electrons. The first kappa shape index (κ1) is 39.3. The third kappa shape index (κ3) is 11.8. The minimum absolute atomic E-state index is 0.00133. The second-order valence-electron chi connectivity index (χ2n) is 11.0. The molecule has 0 aliphatic carbocycles. The third-order valence-electron chi connectivity index (χ3n) is 6.44. The Kier molecular flexibility index (Phi) is 15.1. The van der Waals surface area contributed by atoms with Crippen molar-refractivity contribution in [2.75, 3.05) is 0 Å². The van der Waals surface area contributed by atoms with Crippen molar-refractivity contribution in [1.29, 1.82) is 0 Å². The van der Waals surface area contributed by atoms with Crippen LogP contribution in [-0.4, -0.2) is 54.7 Å². The Morgan fingerprint density at radius 1 is 0.780 bits per heavy atom. The number of aromatic carboxylic acids is 1. The first-order valence-corrected chi connectivity index (χ1v) is 16.0. The van der Waals surface area contributed by atoms with E-state index in [0.717, 1.165) is 22.3 Å². The molecule has 5 rings (SSSR count). The summed E-state index contributed by atoms with van der Waals surface area (Å²) in [6.07, 6.45) is 0.101. The van der Waals surface area contributed by atoms with Gasteiger partial charge in [-0.3, -0.25) is 0 Å². The number of carboxylic acids is 1. The lowest BCUT2D eigenvalue weighted by atomic mass is 10.1. The van der Waals surface area contributed by atoms with Gasteiger partial charge in [0.25, 0.3) is 5.89 Å². The summed E-state index contributed by atoms with van der Waals surface area (Å²) in [6, 6.07) is 23.7. The van der Waals surface area contributed by atoms with E-state index in [2.05, 4.69) is 15.3 Å². The maximum atomic E-state index is 10.3. The molecule has 4 aromatic carbocycles. The highest BCUT2D eigenvalue weighted by molar-refractivity contribution is 6.32. The molecule has 12 nitrogen and oxygen atoms in total. The molecular weight excluding hydrogens is 687 g/mol. The monoisotopic (exact) mass is 724 g/mol. The van der Waals surface area contributed by atoms with E-state index in [-0.39, 0.29) is 36.8 Å². The average Bonchev–Trinajstić information content (AvgIpc) is 3.60. The van der Waals surface area contributed by atoms with Gasteiger partial charge in [0.15, 0.2) is 5.84 Å². The smallest absolute Gasteiger partial charge is 0.335 e. The van der Waals surface area contributed by atoms with Gasteiger partial charge in [0.05, 0.1) is 41.0 Å². The molecule has 0 unspecified atom stereocenters. The predicted octanol–water partition coefficient (Wildman–Crippen LogP) is 7.44. The number of aromatic nitrogens is 2. The summed E-state index contributed by atoms with van der Waals surface area (Å²) in [5.74, 6) is 1.14. The van der Waals surface area contributed by atoms with E-state index in [1.54, 1.807) is 42.5 Å². The van der Waals surface area contributed by atoms with Gasteiger partial charge in [0.2, 0.25) is 5.82 Å². The van der Waals surface area contributed by atoms with Gasteiger partial charge in [-0.25, -0.2) is 4.79 Å². The standard InChI is InChI=1S/C18H17ClN2O3.C10H13ClN2O2.C8H8O3/c1-11(2)23-16-8-7-14(9-15(16)19)17-20-18(24-21-17)13-5-3-12(10-22)4-6-13;1-6(2)15-9-4-3-7(5-8(9)11)10(12)13-14;9-5-6-1-3-7(4-2-6)8(10)11/h3-9,11,22H,10H2,1-2H3;3-6,14H,1-2H3,(H2,12,13);1-4,9H,5H2,(H,10,11). The van der Waals surface area contributed by atoms with Gasteiger partial charge < -0.3 is 40.3 Å². The molecule has 0 saturated heterocycles. The molecule has 50 heavy (non-hydrogen) atoms. The van der Waals surface area contributed by atoms with E-state index in [4.69, 9.17) is 63.5 Å². The van der Waals surface area contributed by atoms with Gasteiger partial charge in [-0.05, 0) is 99.5 Å². The van der Waals surface area contributed by atoms with Crippen LogP contribution in [0.2, 0.25) is 10.0 Å². The van der Waals surface area contributed by atoms with Crippen LogP contribution in [0.15, 0.2) is 94.6 Å². The van der Waals surface area contributed by atoms with Crippen molar-refractivity contribution in [2.24, 2.45) is 10.9 Å². The first-order chi connectivity index (χ1) is 23.8. The summed E-state index contributed by atoms with van der Waals surface area (Å²) < 4.78 is 16.4. The van der Waals surface area contributed by atoms with Crippen molar-refractivity contribution in [2.45, 2.75) is 53.1 Å². The zero-order valence-corrected chi connectivity index (χ0v) is 29.3. The van der Waals surface area contributed by atoms with Gasteiger partial charge in [0.1, 0.15) is 11.5 Å². The Labute approximate surface area is 299 Å². The van der Waals surface area contributed by atoms with Gasteiger partial charge in [-0.15, -0.1) is 0 Å². The fourth-order valence-electron chi connectivity index (χ4n) is 4.02. The van der Waals surface area contributed by atoms with Crippen molar-refractivity contribution in [3.8, 4) is 34.3 Å². The third-order valence-corrected chi connectivity index (χ3v) is 7.03. The minimum atomic E-state index is -0.950. The van der Waals surface area contributed by atoms with Crippen molar-refractivity contribution < 1.29 is 39.3 Å². The lowest BCUT2D eigenvalue weighted by Crippen LogP contribution is -2.13. The molecule has 6 N–H and O–H groups in total. The summed E-state index contributed by atoms with van der Waals surface area (Å²) >= 11 is 12.2. The molecule has 0 fully saturated rings. The molecule has 0 amide bonds. The van der Waals surface area contributed by atoms with Gasteiger partial charge >= 0.3 is 5.97 Å². The summed E-state index contributed by atoms with van der Waals surface area (Å²) in [4.78, 5) is 14.7. The molecule has 0 atom stereocenters. The van der Waals surface area contributed by atoms with Gasteiger partial charge in [-0.2, -0.15) is 4.98 Å². The van der Waals surface area contributed by atoms with Crippen LogP contribution in [0.5, 0.6) is 11.5 Å². The van der Waals surface area contributed by atoms with Crippen LogP contribution in [0.1, 0.15) is 54.7 Å². The number of amidine groups is 1. The molecule has 264 valence electrons.